The third-order valence-corrected chi connectivity index (χ3v) is 4.08. The molecular formula is C12H23NO9. The monoisotopic (exact) mass is 325 g/mol. The van der Waals surface area contributed by atoms with E-state index in [9.17, 15) is 25.5 Å². The molecule has 0 aromatic heterocycles. The van der Waals surface area contributed by atoms with Gasteiger partial charge in [0, 0.05) is 6.54 Å². The molecule has 0 saturated carbocycles. The van der Waals surface area contributed by atoms with Gasteiger partial charge in [-0.2, -0.15) is 0 Å². The highest BCUT2D eigenvalue weighted by Crippen LogP contribution is 2.25. The summed E-state index contributed by atoms with van der Waals surface area (Å²) in [6.45, 7) is -0.894. The molecule has 2 rings (SSSR count). The Balaban J connectivity index is 2.00. The van der Waals surface area contributed by atoms with Crippen LogP contribution >= 0.6 is 0 Å². The standard InChI is InChI=1S/C12H23NO9/c14-2-4-7(16)8(17)5(1-13-4)21-12-11(20)10(19)9(18)6(3-15)22-12/h4-20H,1-3H2/t4-,5+,6-,7-,8-,9-,10+,11-,12-/m1/s1. The minimum absolute atomic E-state index is 0.0679. The van der Waals surface area contributed by atoms with E-state index in [1.165, 1.54) is 0 Å². The van der Waals surface area contributed by atoms with Crippen molar-refractivity contribution in [3.8, 4) is 0 Å². The smallest absolute Gasteiger partial charge is 0.187 e. The molecule has 0 spiro atoms. The van der Waals surface area contributed by atoms with E-state index in [4.69, 9.17) is 19.7 Å². The highest BCUT2D eigenvalue weighted by molar-refractivity contribution is 4.95. The number of nitrogens with one attached hydrogen (secondary N) is 1. The molecule has 0 amide bonds. The molecule has 0 radical (unpaired) electrons. The van der Waals surface area contributed by atoms with Crippen LogP contribution in [0.4, 0.5) is 0 Å². The molecule has 10 nitrogen and oxygen atoms in total. The van der Waals surface area contributed by atoms with Crippen molar-refractivity contribution < 1.29 is 45.2 Å². The van der Waals surface area contributed by atoms with E-state index < -0.39 is 61.7 Å². The first-order chi connectivity index (χ1) is 10.4. The van der Waals surface area contributed by atoms with Gasteiger partial charge in [0.2, 0.25) is 0 Å². The van der Waals surface area contributed by atoms with Gasteiger partial charge in [-0.1, -0.05) is 0 Å². The lowest BCUT2D eigenvalue weighted by molar-refractivity contribution is -0.321. The summed E-state index contributed by atoms with van der Waals surface area (Å²) in [6, 6.07) is -0.704. The molecule has 0 aliphatic carbocycles. The fraction of sp³-hybridized carbons (Fsp3) is 1.00. The van der Waals surface area contributed by atoms with Crippen molar-refractivity contribution in [3.05, 3.63) is 0 Å². The van der Waals surface area contributed by atoms with Crippen molar-refractivity contribution in [2.24, 2.45) is 0 Å². The topological polar surface area (TPSA) is 172 Å². The Morgan fingerprint density at radius 2 is 1.55 bits per heavy atom. The van der Waals surface area contributed by atoms with Gasteiger partial charge < -0.3 is 50.5 Å². The van der Waals surface area contributed by atoms with E-state index in [-0.39, 0.29) is 13.2 Å². The van der Waals surface area contributed by atoms with Crippen LogP contribution in [0.1, 0.15) is 0 Å². The number of hydrogen-bond acceptors (Lipinski definition) is 10. The Kier molecular flexibility index (Phi) is 6.07. The van der Waals surface area contributed by atoms with Gasteiger partial charge in [0.15, 0.2) is 6.29 Å². The Hall–Kier alpha value is -0.400. The minimum Gasteiger partial charge on any atom is -0.395 e. The molecule has 8 N–H and O–H groups in total. The SMILES string of the molecule is OC[C@H]1NC[C@H](O[C@@H]2O[C@H](CO)[C@@H](O)[C@H](O)[C@H]2O)[C@@H](O)[C@@H]1O. The van der Waals surface area contributed by atoms with Crippen LogP contribution in [0.2, 0.25) is 0 Å². The fourth-order valence-electron chi connectivity index (χ4n) is 2.62. The summed E-state index contributed by atoms with van der Waals surface area (Å²) in [5, 5.41) is 69.8. The van der Waals surface area contributed by atoms with E-state index in [1.54, 1.807) is 0 Å². The summed E-state index contributed by atoms with van der Waals surface area (Å²) >= 11 is 0. The summed E-state index contributed by atoms with van der Waals surface area (Å²) in [5.41, 5.74) is 0. The van der Waals surface area contributed by atoms with Gasteiger partial charge in [-0.3, -0.25) is 0 Å². The molecule has 0 aromatic carbocycles. The van der Waals surface area contributed by atoms with Crippen molar-refractivity contribution >= 4 is 0 Å². The van der Waals surface area contributed by atoms with Crippen LogP contribution in [0, 0.1) is 0 Å². The third-order valence-electron chi connectivity index (χ3n) is 4.08. The summed E-state index contributed by atoms with van der Waals surface area (Å²) < 4.78 is 10.5. The zero-order chi connectivity index (χ0) is 16.4. The fourth-order valence-corrected chi connectivity index (χ4v) is 2.62. The first-order valence-electron chi connectivity index (χ1n) is 7.07. The first kappa shape index (κ1) is 17.9. The van der Waals surface area contributed by atoms with Gasteiger partial charge >= 0.3 is 0 Å². The van der Waals surface area contributed by atoms with Crippen molar-refractivity contribution in [2.75, 3.05) is 19.8 Å². The predicted molar refractivity (Wildman–Crippen MR) is 69.5 cm³/mol. The molecule has 10 heteroatoms. The van der Waals surface area contributed by atoms with Crippen LogP contribution in [0.5, 0.6) is 0 Å². The average molecular weight is 325 g/mol. The number of ether oxygens (including phenoxy) is 2. The molecule has 9 atom stereocenters. The second kappa shape index (κ2) is 7.45. The maximum absolute atomic E-state index is 9.97. The maximum Gasteiger partial charge on any atom is 0.187 e. The van der Waals surface area contributed by atoms with Crippen LogP contribution in [-0.2, 0) is 9.47 Å². The predicted octanol–water partition coefficient (Wildman–Crippen LogP) is -5.14. The number of rotatable bonds is 4. The molecule has 2 aliphatic rings. The summed E-state index contributed by atoms with van der Waals surface area (Å²) in [6.07, 6.45) is -10.8. The highest BCUT2D eigenvalue weighted by Gasteiger charge is 2.47. The number of hydrogen-bond donors (Lipinski definition) is 8. The number of aliphatic hydroxyl groups is 7. The second-order valence-electron chi connectivity index (χ2n) is 5.55. The third kappa shape index (κ3) is 3.41. The van der Waals surface area contributed by atoms with Crippen molar-refractivity contribution in [1.29, 1.82) is 0 Å². The van der Waals surface area contributed by atoms with Crippen LogP contribution in [0.3, 0.4) is 0 Å². The van der Waals surface area contributed by atoms with Crippen LogP contribution < -0.4 is 5.32 Å². The van der Waals surface area contributed by atoms with Gasteiger partial charge in [-0.25, -0.2) is 0 Å². The number of piperidine rings is 1. The van der Waals surface area contributed by atoms with Crippen LogP contribution in [0.15, 0.2) is 0 Å². The second-order valence-corrected chi connectivity index (χ2v) is 5.55. The van der Waals surface area contributed by atoms with Gasteiger partial charge in [-0.15, -0.1) is 0 Å². The van der Waals surface area contributed by atoms with Crippen LogP contribution in [0.25, 0.3) is 0 Å². The molecule has 2 saturated heterocycles. The van der Waals surface area contributed by atoms with E-state index in [2.05, 4.69) is 5.32 Å². The molecular weight excluding hydrogens is 302 g/mol. The van der Waals surface area contributed by atoms with Crippen LogP contribution in [-0.4, -0.2) is 111 Å². The van der Waals surface area contributed by atoms with Crippen molar-refractivity contribution in [3.63, 3.8) is 0 Å². The molecule has 130 valence electrons. The number of aliphatic hydroxyl groups excluding tert-OH is 7. The molecule has 0 unspecified atom stereocenters. The van der Waals surface area contributed by atoms with Crippen molar-refractivity contribution in [1.82, 2.24) is 5.32 Å². The lowest BCUT2D eigenvalue weighted by Gasteiger charge is -2.43. The van der Waals surface area contributed by atoms with E-state index in [0.29, 0.717) is 0 Å². The highest BCUT2D eigenvalue weighted by atomic mass is 16.7. The summed E-state index contributed by atoms with van der Waals surface area (Å²) in [5.74, 6) is 0. The first-order valence-corrected chi connectivity index (χ1v) is 7.07. The molecule has 0 bridgehead atoms. The Bertz CT molecular complexity index is 357. The molecule has 2 fully saturated rings. The van der Waals surface area contributed by atoms with Crippen molar-refractivity contribution in [2.45, 2.75) is 55.1 Å². The molecule has 22 heavy (non-hydrogen) atoms. The van der Waals surface area contributed by atoms with E-state index in [1.807, 2.05) is 0 Å². The Morgan fingerprint density at radius 3 is 2.14 bits per heavy atom. The minimum atomic E-state index is -1.59. The van der Waals surface area contributed by atoms with Gasteiger partial charge in [0.25, 0.3) is 0 Å². The van der Waals surface area contributed by atoms with E-state index >= 15 is 0 Å². The average Bonchev–Trinajstić information content (AvgIpc) is 2.52. The van der Waals surface area contributed by atoms with E-state index in [0.717, 1.165) is 0 Å². The largest absolute Gasteiger partial charge is 0.395 e. The lowest BCUT2D eigenvalue weighted by Crippen LogP contribution is -2.65. The van der Waals surface area contributed by atoms with Gasteiger partial charge in [-0.05, 0) is 0 Å². The quantitative estimate of drug-likeness (QED) is 0.250. The zero-order valence-corrected chi connectivity index (χ0v) is 11.8. The maximum atomic E-state index is 9.97. The summed E-state index contributed by atoms with van der Waals surface area (Å²) in [7, 11) is 0. The lowest BCUT2D eigenvalue weighted by atomic mass is 9.95. The molecule has 2 aliphatic heterocycles. The molecule has 0 aromatic rings. The van der Waals surface area contributed by atoms with Gasteiger partial charge in [0.05, 0.1) is 25.4 Å². The normalized spacial score (nSPS) is 50.0. The molecule has 2 heterocycles. The summed E-state index contributed by atoms with van der Waals surface area (Å²) in [4.78, 5) is 0. The van der Waals surface area contributed by atoms with Gasteiger partial charge in [0.1, 0.15) is 36.6 Å². The Morgan fingerprint density at radius 1 is 0.864 bits per heavy atom. The Labute approximate surface area is 126 Å². The zero-order valence-electron chi connectivity index (χ0n) is 11.8.